The summed E-state index contributed by atoms with van der Waals surface area (Å²) >= 11 is 6.33. The number of halogens is 2. The third kappa shape index (κ3) is 4.86. The summed E-state index contributed by atoms with van der Waals surface area (Å²) in [6.07, 6.45) is 0. The van der Waals surface area contributed by atoms with Gasteiger partial charge in [-0.15, -0.1) is 0 Å². The Balaban J connectivity index is 2.03. The van der Waals surface area contributed by atoms with Crippen molar-refractivity contribution in [3.63, 3.8) is 0 Å². The van der Waals surface area contributed by atoms with Crippen LogP contribution in [0, 0.1) is 17.0 Å². The summed E-state index contributed by atoms with van der Waals surface area (Å²) in [6.45, 7) is 1.28. The molecule has 25 heavy (non-hydrogen) atoms. The summed E-state index contributed by atoms with van der Waals surface area (Å²) in [5.41, 5.74) is 1.30. The van der Waals surface area contributed by atoms with E-state index in [9.17, 15) is 19.7 Å². The molecular weight excluding hydrogens is 460 g/mol. The van der Waals surface area contributed by atoms with Gasteiger partial charge in [0.25, 0.3) is 11.6 Å². The Morgan fingerprint density at radius 3 is 2.36 bits per heavy atom. The van der Waals surface area contributed by atoms with Crippen molar-refractivity contribution in [3.8, 4) is 0 Å². The number of nitrogens with zero attached hydrogens (tertiary/aromatic N) is 1. The fourth-order valence-electron chi connectivity index (χ4n) is 1.97. The van der Waals surface area contributed by atoms with Gasteiger partial charge < -0.3 is 10.1 Å². The van der Waals surface area contributed by atoms with Gasteiger partial charge in [0, 0.05) is 21.1 Å². The molecule has 2 aromatic carbocycles. The zero-order valence-corrected chi connectivity index (χ0v) is 16.1. The maximum Gasteiger partial charge on any atom is 0.338 e. The van der Waals surface area contributed by atoms with Crippen molar-refractivity contribution < 1.29 is 19.2 Å². The quantitative estimate of drug-likeness (QED) is 0.399. The number of hydrogen-bond donors (Lipinski definition) is 1. The lowest BCUT2D eigenvalue weighted by molar-refractivity contribution is -0.385. The van der Waals surface area contributed by atoms with Crippen LogP contribution in [0.2, 0.25) is 0 Å². The van der Waals surface area contributed by atoms with E-state index in [4.69, 9.17) is 4.74 Å². The number of nitrogens with one attached hydrogen (secondary N) is 1. The number of ether oxygens (including phenoxy) is 1. The van der Waals surface area contributed by atoms with Gasteiger partial charge in [-0.3, -0.25) is 14.9 Å². The van der Waals surface area contributed by atoms with Gasteiger partial charge in [-0.2, -0.15) is 0 Å². The van der Waals surface area contributed by atoms with Crippen molar-refractivity contribution in [1.29, 1.82) is 0 Å². The molecule has 0 atom stereocenters. The number of carbonyl (C=O) groups excluding carboxylic acids is 2. The van der Waals surface area contributed by atoms with Crippen molar-refractivity contribution in [2.45, 2.75) is 6.92 Å². The Kier molecular flexibility index (Phi) is 6.27. The molecule has 0 aliphatic rings. The zero-order chi connectivity index (χ0) is 18.6. The van der Waals surface area contributed by atoms with Gasteiger partial charge in [0.1, 0.15) is 0 Å². The van der Waals surface area contributed by atoms with Crippen LogP contribution in [0.5, 0.6) is 0 Å². The summed E-state index contributed by atoms with van der Waals surface area (Å²) in [5.74, 6) is -1.17. The molecule has 2 aromatic rings. The largest absolute Gasteiger partial charge is 0.452 e. The maximum absolute atomic E-state index is 12.0. The molecule has 9 heteroatoms. The molecule has 0 heterocycles. The fourth-order valence-corrected chi connectivity index (χ4v) is 3.33. The van der Waals surface area contributed by atoms with Gasteiger partial charge in [-0.05, 0) is 50.4 Å². The van der Waals surface area contributed by atoms with E-state index in [1.165, 1.54) is 12.1 Å². The first kappa shape index (κ1) is 19.1. The van der Waals surface area contributed by atoms with Crippen LogP contribution >= 0.6 is 31.9 Å². The van der Waals surface area contributed by atoms with Gasteiger partial charge in [-0.25, -0.2) is 4.79 Å². The van der Waals surface area contributed by atoms with E-state index in [2.05, 4.69) is 37.2 Å². The Hall–Kier alpha value is -2.26. The number of nitro benzene ring substituents is 1. The summed E-state index contributed by atoms with van der Waals surface area (Å²) in [6, 6.07) is 9.40. The number of carbonyl (C=O) groups is 2. The number of non-ortho nitro benzene ring substituents is 1. The van der Waals surface area contributed by atoms with Crippen molar-refractivity contribution in [2.75, 3.05) is 11.9 Å². The predicted octanol–water partition coefficient (Wildman–Crippen LogP) is 4.22. The number of nitro groups is 1. The number of benzene rings is 2. The highest BCUT2D eigenvalue weighted by molar-refractivity contribution is 9.11. The van der Waals surface area contributed by atoms with Crippen LogP contribution in [-0.4, -0.2) is 23.4 Å². The molecule has 0 saturated heterocycles. The van der Waals surface area contributed by atoms with Gasteiger partial charge in [0.2, 0.25) is 0 Å². The molecule has 0 spiro atoms. The minimum atomic E-state index is -0.602. The average molecular weight is 472 g/mol. The lowest BCUT2D eigenvalue weighted by Gasteiger charge is -2.10. The average Bonchev–Trinajstić information content (AvgIpc) is 2.56. The number of rotatable bonds is 5. The standard InChI is InChI=1S/C16H12Br2N2O5/c1-9-4-2-3-5-11(9)16(22)25-8-14(21)19-15-12(17)6-10(20(23)24)7-13(15)18/h2-7H,8H2,1H3,(H,19,21). The molecule has 130 valence electrons. The number of amides is 1. The Labute approximate surface area is 159 Å². The van der Waals surface area contributed by atoms with Crippen LogP contribution in [0.4, 0.5) is 11.4 Å². The van der Waals surface area contributed by atoms with Crippen LogP contribution in [-0.2, 0) is 9.53 Å². The highest BCUT2D eigenvalue weighted by Gasteiger charge is 2.17. The van der Waals surface area contributed by atoms with Crippen molar-refractivity contribution >= 4 is 55.1 Å². The smallest absolute Gasteiger partial charge is 0.338 e. The van der Waals surface area contributed by atoms with E-state index >= 15 is 0 Å². The zero-order valence-electron chi connectivity index (χ0n) is 12.9. The van der Waals surface area contributed by atoms with Crippen LogP contribution in [0.1, 0.15) is 15.9 Å². The third-order valence-electron chi connectivity index (χ3n) is 3.20. The van der Waals surface area contributed by atoms with Crippen LogP contribution in [0.15, 0.2) is 45.3 Å². The number of aryl methyl sites for hydroxylation is 1. The van der Waals surface area contributed by atoms with Crippen LogP contribution < -0.4 is 5.32 Å². The molecule has 0 fully saturated rings. The molecule has 0 aliphatic carbocycles. The van der Waals surface area contributed by atoms with Crippen LogP contribution in [0.25, 0.3) is 0 Å². The fraction of sp³-hybridized carbons (Fsp3) is 0.125. The summed E-state index contributed by atoms with van der Waals surface area (Å²) in [4.78, 5) is 34.2. The molecule has 7 nitrogen and oxygen atoms in total. The van der Waals surface area contributed by atoms with E-state index in [1.54, 1.807) is 31.2 Å². The molecule has 0 saturated carbocycles. The highest BCUT2D eigenvalue weighted by atomic mass is 79.9. The van der Waals surface area contributed by atoms with Crippen LogP contribution in [0.3, 0.4) is 0 Å². The molecule has 0 bridgehead atoms. The van der Waals surface area contributed by atoms with Gasteiger partial charge in [0.05, 0.1) is 16.2 Å². The SMILES string of the molecule is Cc1ccccc1C(=O)OCC(=O)Nc1c(Br)cc([N+](=O)[O-])cc1Br. The Bertz CT molecular complexity index is 831. The second-order valence-corrected chi connectivity index (χ2v) is 6.69. The highest BCUT2D eigenvalue weighted by Crippen LogP contribution is 2.35. The molecule has 0 unspecified atom stereocenters. The van der Waals surface area contributed by atoms with E-state index in [-0.39, 0.29) is 5.69 Å². The monoisotopic (exact) mass is 470 g/mol. The summed E-state index contributed by atoms with van der Waals surface area (Å²) in [7, 11) is 0. The Morgan fingerprint density at radius 1 is 1.20 bits per heavy atom. The van der Waals surface area contributed by atoms with E-state index in [1.807, 2.05) is 0 Å². The normalized spacial score (nSPS) is 10.2. The van der Waals surface area contributed by atoms with Crippen molar-refractivity contribution in [3.05, 3.63) is 66.6 Å². The lowest BCUT2D eigenvalue weighted by atomic mass is 10.1. The second-order valence-electron chi connectivity index (χ2n) is 4.98. The molecule has 2 rings (SSSR count). The maximum atomic E-state index is 12.0. The van der Waals surface area contributed by atoms with Crippen molar-refractivity contribution in [1.82, 2.24) is 0 Å². The molecule has 0 radical (unpaired) electrons. The molecule has 1 amide bonds. The Morgan fingerprint density at radius 2 is 1.80 bits per heavy atom. The minimum Gasteiger partial charge on any atom is -0.452 e. The molecule has 0 aromatic heterocycles. The topological polar surface area (TPSA) is 98.5 Å². The first-order valence-corrected chi connectivity index (χ1v) is 8.54. The summed E-state index contributed by atoms with van der Waals surface area (Å²) < 4.78 is 5.65. The summed E-state index contributed by atoms with van der Waals surface area (Å²) in [5, 5.41) is 13.3. The molecule has 0 aliphatic heterocycles. The van der Waals surface area contributed by atoms with E-state index < -0.39 is 23.4 Å². The minimum absolute atomic E-state index is 0.136. The molecular formula is C16H12Br2N2O5. The van der Waals surface area contributed by atoms with Crippen molar-refractivity contribution in [2.24, 2.45) is 0 Å². The van der Waals surface area contributed by atoms with Gasteiger partial charge >= 0.3 is 5.97 Å². The predicted molar refractivity (Wildman–Crippen MR) is 98.6 cm³/mol. The number of hydrogen-bond acceptors (Lipinski definition) is 5. The second kappa shape index (κ2) is 8.21. The van der Waals surface area contributed by atoms with Gasteiger partial charge in [0.15, 0.2) is 6.61 Å². The van der Waals surface area contributed by atoms with E-state index in [0.717, 1.165) is 5.56 Å². The first-order chi connectivity index (χ1) is 11.8. The van der Waals surface area contributed by atoms with Gasteiger partial charge in [-0.1, -0.05) is 18.2 Å². The number of esters is 1. The first-order valence-electron chi connectivity index (χ1n) is 6.95. The molecule has 1 N–H and O–H groups in total. The lowest BCUT2D eigenvalue weighted by Crippen LogP contribution is -2.21. The van der Waals surface area contributed by atoms with E-state index in [0.29, 0.717) is 20.2 Å². The third-order valence-corrected chi connectivity index (χ3v) is 4.45. The number of anilines is 1.